The molecule has 1 heterocycles. The lowest BCUT2D eigenvalue weighted by Crippen LogP contribution is -2.32. The maximum Gasteiger partial charge on any atom is 0.143 e. The van der Waals surface area contributed by atoms with Gasteiger partial charge < -0.3 is 5.43 Å². The van der Waals surface area contributed by atoms with Gasteiger partial charge in [0.25, 0.3) is 0 Å². The zero-order valence-corrected chi connectivity index (χ0v) is 10.8. The van der Waals surface area contributed by atoms with E-state index in [0.29, 0.717) is 6.04 Å². The van der Waals surface area contributed by atoms with Gasteiger partial charge in [-0.15, -0.1) is 0 Å². The van der Waals surface area contributed by atoms with Crippen LogP contribution < -0.4 is 11.3 Å². The fraction of sp³-hybridized carbons (Fsp3) is 0.333. The number of nitrogens with one attached hydrogen (secondary N) is 1. The molecule has 0 saturated heterocycles. The van der Waals surface area contributed by atoms with Crippen LogP contribution in [0.2, 0.25) is 0 Å². The molecule has 2 aromatic rings. The average molecular weight is 254 g/mol. The molecule has 4 nitrogen and oxygen atoms in total. The van der Waals surface area contributed by atoms with Crippen LogP contribution in [0.5, 0.6) is 0 Å². The van der Waals surface area contributed by atoms with Crippen LogP contribution in [0, 0.1) is 0 Å². The number of aromatic nitrogens is 1. The lowest BCUT2D eigenvalue weighted by Gasteiger charge is -2.11. The highest BCUT2D eigenvalue weighted by Gasteiger charge is 2.16. The van der Waals surface area contributed by atoms with Gasteiger partial charge in [0.15, 0.2) is 0 Å². The standard InChI is InChI=1S/C15H18N4/c16-19-15(18-11-5-1-2-6-11)13-9-10-17-14-8-4-3-7-12(13)14/h3-4,7-11H,1-2,5-6,16H2,(H,18,19). The molecule has 0 aliphatic heterocycles. The first-order valence-corrected chi connectivity index (χ1v) is 6.77. The number of hydrazine groups is 1. The predicted octanol–water partition coefficient (Wildman–Crippen LogP) is 2.39. The molecule has 1 saturated carbocycles. The zero-order valence-electron chi connectivity index (χ0n) is 10.8. The smallest absolute Gasteiger partial charge is 0.143 e. The van der Waals surface area contributed by atoms with Gasteiger partial charge in [-0.1, -0.05) is 31.0 Å². The maximum absolute atomic E-state index is 5.67. The molecule has 1 aromatic carbocycles. The second-order valence-electron chi connectivity index (χ2n) is 4.94. The van der Waals surface area contributed by atoms with Gasteiger partial charge in [-0.05, 0) is 25.0 Å². The van der Waals surface area contributed by atoms with E-state index < -0.39 is 0 Å². The van der Waals surface area contributed by atoms with Crippen LogP contribution in [-0.4, -0.2) is 16.9 Å². The molecule has 0 bridgehead atoms. The van der Waals surface area contributed by atoms with Crippen molar-refractivity contribution in [1.29, 1.82) is 0 Å². The van der Waals surface area contributed by atoms with E-state index in [4.69, 9.17) is 10.8 Å². The lowest BCUT2D eigenvalue weighted by molar-refractivity contribution is 0.701. The largest absolute Gasteiger partial charge is 0.308 e. The summed E-state index contributed by atoms with van der Waals surface area (Å²) in [6, 6.07) is 10.4. The van der Waals surface area contributed by atoms with Crippen LogP contribution in [0.3, 0.4) is 0 Å². The van der Waals surface area contributed by atoms with Crippen molar-refractivity contribution in [3.63, 3.8) is 0 Å². The molecule has 19 heavy (non-hydrogen) atoms. The first-order valence-electron chi connectivity index (χ1n) is 6.77. The number of nitrogens with two attached hydrogens (primary N) is 1. The van der Waals surface area contributed by atoms with Crippen molar-refractivity contribution >= 4 is 16.7 Å². The molecule has 4 heteroatoms. The molecule has 1 aliphatic carbocycles. The summed E-state index contributed by atoms with van der Waals surface area (Å²) in [6.45, 7) is 0. The number of amidine groups is 1. The molecule has 1 fully saturated rings. The van der Waals surface area contributed by atoms with Crippen LogP contribution >= 0.6 is 0 Å². The monoisotopic (exact) mass is 254 g/mol. The number of pyridine rings is 1. The van der Waals surface area contributed by atoms with Crippen molar-refractivity contribution in [2.75, 3.05) is 0 Å². The normalized spacial score (nSPS) is 17.0. The van der Waals surface area contributed by atoms with E-state index in [9.17, 15) is 0 Å². The van der Waals surface area contributed by atoms with Gasteiger partial charge in [-0.25, -0.2) is 5.84 Å². The third-order valence-corrected chi connectivity index (χ3v) is 3.68. The number of aliphatic imine (C=N–C) groups is 1. The molecule has 0 unspecified atom stereocenters. The highest BCUT2D eigenvalue weighted by molar-refractivity contribution is 6.08. The van der Waals surface area contributed by atoms with Crippen molar-refractivity contribution in [3.8, 4) is 0 Å². The summed E-state index contributed by atoms with van der Waals surface area (Å²) in [4.78, 5) is 9.13. The summed E-state index contributed by atoms with van der Waals surface area (Å²) < 4.78 is 0. The summed E-state index contributed by atoms with van der Waals surface area (Å²) in [5.74, 6) is 6.44. The Kier molecular flexibility index (Phi) is 3.42. The minimum atomic E-state index is 0.401. The van der Waals surface area contributed by atoms with E-state index in [1.807, 2.05) is 24.3 Å². The van der Waals surface area contributed by atoms with E-state index in [-0.39, 0.29) is 0 Å². The summed E-state index contributed by atoms with van der Waals surface area (Å²) in [7, 11) is 0. The molecule has 0 radical (unpaired) electrons. The van der Waals surface area contributed by atoms with Crippen LogP contribution in [0.25, 0.3) is 10.9 Å². The Morgan fingerprint density at radius 3 is 2.79 bits per heavy atom. The van der Waals surface area contributed by atoms with Crippen LogP contribution in [0.1, 0.15) is 31.2 Å². The second-order valence-corrected chi connectivity index (χ2v) is 4.94. The van der Waals surface area contributed by atoms with E-state index in [1.165, 1.54) is 12.8 Å². The van der Waals surface area contributed by atoms with Gasteiger partial charge in [0.1, 0.15) is 5.84 Å². The van der Waals surface area contributed by atoms with Crippen LogP contribution in [-0.2, 0) is 0 Å². The third kappa shape index (κ3) is 2.44. The number of fused-ring (bicyclic) bond motifs is 1. The summed E-state index contributed by atoms with van der Waals surface area (Å²) >= 11 is 0. The topological polar surface area (TPSA) is 63.3 Å². The number of benzene rings is 1. The van der Waals surface area contributed by atoms with Gasteiger partial charge in [0.05, 0.1) is 11.6 Å². The molecule has 0 amide bonds. The summed E-state index contributed by atoms with van der Waals surface area (Å²) in [5, 5.41) is 1.08. The molecule has 0 atom stereocenters. The molecular weight excluding hydrogens is 236 g/mol. The number of para-hydroxylation sites is 1. The van der Waals surface area contributed by atoms with Gasteiger partial charge in [-0.2, -0.15) is 0 Å². The first-order chi connectivity index (χ1) is 9.38. The summed E-state index contributed by atoms with van der Waals surface area (Å²) in [6.07, 6.45) is 6.66. The number of nitrogens with zero attached hydrogens (tertiary/aromatic N) is 2. The lowest BCUT2D eigenvalue weighted by atomic mass is 10.1. The van der Waals surface area contributed by atoms with Crippen molar-refractivity contribution in [2.45, 2.75) is 31.7 Å². The molecule has 1 aromatic heterocycles. The first kappa shape index (κ1) is 12.1. The Morgan fingerprint density at radius 2 is 2.00 bits per heavy atom. The van der Waals surface area contributed by atoms with Crippen LogP contribution in [0.15, 0.2) is 41.5 Å². The van der Waals surface area contributed by atoms with Crippen LogP contribution in [0.4, 0.5) is 0 Å². The summed E-state index contributed by atoms with van der Waals surface area (Å²) in [5.41, 5.74) is 4.75. The SMILES string of the molecule is NNC(=NC1CCCC1)c1ccnc2ccccc12. The number of rotatable bonds is 2. The van der Waals surface area contributed by atoms with Crippen molar-refractivity contribution < 1.29 is 0 Å². The Labute approximate surface area is 112 Å². The Bertz CT molecular complexity index is 595. The molecule has 3 N–H and O–H groups in total. The van der Waals surface area contributed by atoms with Crippen molar-refractivity contribution in [2.24, 2.45) is 10.8 Å². The minimum absolute atomic E-state index is 0.401. The highest BCUT2D eigenvalue weighted by Crippen LogP contribution is 2.23. The average Bonchev–Trinajstić information content (AvgIpc) is 2.97. The number of hydrogen-bond acceptors (Lipinski definition) is 3. The van der Waals surface area contributed by atoms with Gasteiger partial charge in [0.2, 0.25) is 0 Å². The number of hydrogen-bond donors (Lipinski definition) is 2. The maximum atomic E-state index is 5.67. The predicted molar refractivity (Wildman–Crippen MR) is 77.9 cm³/mol. The second kappa shape index (κ2) is 5.36. The fourth-order valence-corrected chi connectivity index (χ4v) is 2.70. The quantitative estimate of drug-likeness (QED) is 0.374. The Hall–Kier alpha value is -1.94. The molecule has 98 valence electrons. The van der Waals surface area contributed by atoms with Crippen molar-refractivity contribution in [1.82, 2.24) is 10.4 Å². The Morgan fingerprint density at radius 1 is 1.21 bits per heavy atom. The highest BCUT2D eigenvalue weighted by atomic mass is 15.3. The fourth-order valence-electron chi connectivity index (χ4n) is 2.70. The minimum Gasteiger partial charge on any atom is -0.308 e. The Balaban J connectivity index is 2.05. The van der Waals surface area contributed by atoms with Gasteiger partial charge in [-0.3, -0.25) is 9.98 Å². The third-order valence-electron chi connectivity index (χ3n) is 3.68. The van der Waals surface area contributed by atoms with E-state index in [2.05, 4.69) is 16.5 Å². The zero-order chi connectivity index (χ0) is 13.1. The van der Waals surface area contributed by atoms with Gasteiger partial charge >= 0.3 is 0 Å². The van der Waals surface area contributed by atoms with E-state index >= 15 is 0 Å². The molecule has 1 aliphatic rings. The molecule has 0 spiro atoms. The van der Waals surface area contributed by atoms with E-state index in [1.54, 1.807) is 6.20 Å². The van der Waals surface area contributed by atoms with Gasteiger partial charge in [0, 0.05) is 17.1 Å². The molecular formula is C15H18N4. The molecule has 3 rings (SSSR count). The van der Waals surface area contributed by atoms with E-state index in [0.717, 1.165) is 35.1 Å². The van der Waals surface area contributed by atoms with Crippen molar-refractivity contribution in [3.05, 3.63) is 42.1 Å².